The molecule has 0 spiro atoms. The van der Waals surface area contributed by atoms with Crippen LogP contribution in [0.3, 0.4) is 0 Å². The fraction of sp³-hybridized carbons (Fsp3) is 0.400. The summed E-state index contributed by atoms with van der Waals surface area (Å²) >= 11 is 0. The monoisotopic (exact) mass is 400 g/mol. The summed E-state index contributed by atoms with van der Waals surface area (Å²) in [5.74, 6) is -0.478. The molecule has 3 rings (SSSR count). The standard InChI is InChI=1S/C20H24N4O5/c1-4-6-10-24-17-15(18(26)22-20(24)28)23(5-2)14(21-17)11-29-19(27)13-9-7-8-12(3)16(13)25/h7-9,25H,4-6,10-11H2,1-3H3,(H,22,26,28). The Morgan fingerprint density at radius 1 is 1.24 bits per heavy atom. The maximum Gasteiger partial charge on any atom is 0.342 e. The van der Waals surface area contributed by atoms with Gasteiger partial charge in [-0.3, -0.25) is 14.3 Å². The zero-order chi connectivity index (χ0) is 21.1. The van der Waals surface area contributed by atoms with Crippen LogP contribution in [0.5, 0.6) is 5.75 Å². The summed E-state index contributed by atoms with van der Waals surface area (Å²) in [6, 6.07) is 4.81. The van der Waals surface area contributed by atoms with Crippen molar-refractivity contribution in [2.24, 2.45) is 0 Å². The lowest BCUT2D eigenvalue weighted by atomic mass is 10.1. The number of aromatic nitrogens is 4. The second kappa shape index (κ2) is 8.34. The van der Waals surface area contributed by atoms with E-state index in [1.165, 1.54) is 10.6 Å². The van der Waals surface area contributed by atoms with Gasteiger partial charge in [-0.1, -0.05) is 25.5 Å². The van der Waals surface area contributed by atoms with Crippen LogP contribution in [-0.4, -0.2) is 30.2 Å². The number of benzene rings is 1. The smallest absolute Gasteiger partial charge is 0.342 e. The number of phenolic OH excluding ortho intramolecular Hbond substituents is 1. The number of aromatic amines is 1. The first kappa shape index (κ1) is 20.4. The van der Waals surface area contributed by atoms with E-state index in [0.717, 1.165) is 12.8 Å². The molecule has 2 aromatic heterocycles. The zero-order valence-electron chi connectivity index (χ0n) is 16.7. The van der Waals surface area contributed by atoms with Crippen LogP contribution in [0.25, 0.3) is 11.2 Å². The molecule has 0 fully saturated rings. The predicted molar refractivity (Wildman–Crippen MR) is 107 cm³/mol. The van der Waals surface area contributed by atoms with Crippen LogP contribution in [0, 0.1) is 6.92 Å². The van der Waals surface area contributed by atoms with Crippen molar-refractivity contribution in [1.29, 1.82) is 0 Å². The van der Waals surface area contributed by atoms with Gasteiger partial charge in [-0.05, 0) is 31.9 Å². The summed E-state index contributed by atoms with van der Waals surface area (Å²) in [4.78, 5) is 43.8. The Morgan fingerprint density at radius 3 is 2.69 bits per heavy atom. The van der Waals surface area contributed by atoms with Crippen LogP contribution in [0.1, 0.15) is 48.4 Å². The van der Waals surface area contributed by atoms with E-state index < -0.39 is 17.2 Å². The van der Waals surface area contributed by atoms with E-state index in [9.17, 15) is 19.5 Å². The van der Waals surface area contributed by atoms with Gasteiger partial charge in [0.05, 0.1) is 0 Å². The number of H-pyrrole nitrogens is 1. The molecule has 0 saturated carbocycles. The summed E-state index contributed by atoms with van der Waals surface area (Å²) in [6.45, 7) is 6.17. The summed E-state index contributed by atoms with van der Waals surface area (Å²) in [5, 5.41) is 10.1. The number of para-hydroxylation sites is 1. The first-order valence-electron chi connectivity index (χ1n) is 9.56. The molecule has 9 heteroatoms. The maximum atomic E-state index is 12.4. The largest absolute Gasteiger partial charge is 0.507 e. The minimum absolute atomic E-state index is 0.0573. The van der Waals surface area contributed by atoms with Gasteiger partial charge in [0.1, 0.15) is 23.7 Å². The minimum Gasteiger partial charge on any atom is -0.507 e. The average molecular weight is 400 g/mol. The number of carbonyl (C=O) groups is 1. The third-order valence-electron chi connectivity index (χ3n) is 4.81. The summed E-state index contributed by atoms with van der Waals surface area (Å²) in [5.41, 5.74) is 0.130. The highest BCUT2D eigenvalue weighted by molar-refractivity contribution is 5.92. The lowest BCUT2D eigenvalue weighted by molar-refractivity contribution is 0.0455. The number of esters is 1. The van der Waals surface area contributed by atoms with E-state index in [0.29, 0.717) is 24.5 Å². The third kappa shape index (κ3) is 3.80. The Morgan fingerprint density at radius 2 is 2.00 bits per heavy atom. The van der Waals surface area contributed by atoms with Crippen molar-refractivity contribution in [3.8, 4) is 5.75 Å². The number of rotatable bonds is 7. The predicted octanol–water partition coefficient (Wildman–Crippen LogP) is 2.08. The lowest BCUT2D eigenvalue weighted by Crippen LogP contribution is -2.31. The molecule has 0 atom stereocenters. The van der Waals surface area contributed by atoms with E-state index in [-0.39, 0.29) is 29.1 Å². The van der Waals surface area contributed by atoms with Gasteiger partial charge in [-0.25, -0.2) is 14.6 Å². The van der Waals surface area contributed by atoms with E-state index in [2.05, 4.69) is 9.97 Å². The van der Waals surface area contributed by atoms with E-state index in [1.807, 2.05) is 13.8 Å². The number of aromatic hydroxyl groups is 1. The number of nitrogens with one attached hydrogen (secondary N) is 1. The Labute approximate surface area is 166 Å². The zero-order valence-corrected chi connectivity index (χ0v) is 16.7. The van der Waals surface area contributed by atoms with Crippen molar-refractivity contribution in [1.82, 2.24) is 19.1 Å². The number of imidazole rings is 1. The van der Waals surface area contributed by atoms with Crippen molar-refractivity contribution >= 4 is 17.1 Å². The first-order chi connectivity index (χ1) is 13.9. The van der Waals surface area contributed by atoms with Crippen molar-refractivity contribution in [2.45, 2.75) is 53.3 Å². The highest BCUT2D eigenvalue weighted by Gasteiger charge is 2.20. The van der Waals surface area contributed by atoms with Crippen molar-refractivity contribution in [3.05, 3.63) is 56.0 Å². The maximum absolute atomic E-state index is 12.4. The van der Waals surface area contributed by atoms with Gasteiger partial charge < -0.3 is 14.4 Å². The summed E-state index contributed by atoms with van der Waals surface area (Å²) < 4.78 is 8.39. The number of carbonyl (C=O) groups excluding carboxylic acids is 1. The topological polar surface area (TPSA) is 119 Å². The van der Waals surface area contributed by atoms with Gasteiger partial charge in [0.2, 0.25) is 0 Å². The molecular formula is C20H24N4O5. The van der Waals surface area contributed by atoms with Crippen LogP contribution in [0.4, 0.5) is 0 Å². The Balaban J connectivity index is 1.98. The first-order valence-corrected chi connectivity index (χ1v) is 9.56. The van der Waals surface area contributed by atoms with Crippen molar-refractivity contribution in [3.63, 3.8) is 0 Å². The Bertz CT molecular complexity index is 1170. The number of unbranched alkanes of at least 4 members (excludes halogenated alkanes) is 1. The molecule has 0 aliphatic heterocycles. The molecule has 29 heavy (non-hydrogen) atoms. The molecule has 0 radical (unpaired) electrons. The summed E-state index contributed by atoms with van der Waals surface area (Å²) in [7, 11) is 0. The number of fused-ring (bicyclic) bond motifs is 1. The molecule has 0 saturated heterocycles. The van der Waals surface area contributed by atoms with Crippen LogP contribution in [-0.2, 0) is 24.4 Å². The van der Waals surface area contributed by atoms with E-state index in [4.69, 9.17) is 4.74 Å². The average Bonchev–Trinajstić information content (AvgIpc) is 3.07. The van der Waals surface area contributed by atoms with Gasteiger partial charge in [0.15, 0.2) is 11.2 Å². The molecule has 154 valence electrons. The number of ether oxygens (including phenoxy) is 1. The quantitative estimate of drug-likeness (QED) is 0.586. The summed E-state index contributed by atoms with van der Waals surface area (Å²) in [6.07, 6.45) is 1.64. The molecule has 0 aliphatic carbocycles. The lowest BCUT2D eigenvalue weighted by Gasteiger charge is -2.09. The van der Waals surface area contributed by atoms with Crippen LogP contribution >= 0.6 is 0 Å². The molecule has 0 unspecified atom stereocenters. The molecule has 0 amide bonds. The molecule has 1 aromatic carbocycles. The van der Waals surface area contributed by atoms with E-state index >= 15 is 0 Å². The van der Waals surface area contributed by atoms with Crippen molar-refractivity contribution < 1.29 is 14.6 Å². The van der Waals surface area contributed by atoms with Crippen LogP contribution < -0.4 is 11.2 Å². The van der Waals surface area contributed by atoms with Crippen molar-refractivity contribution in [2.75, 3.05) is 0 Å². The fourth-order valence-electron chi connectivity index (χ4n) is 3.22. The van der Waals surface area contributed by atoms with Gasteiger partial charge >= 0.3 is 11.7 Å². The Hall–Kier alpha value is -3.36. The van der Waals surface area contributed by atoms with Crippen LogP contribution in [0.2, 0.25) is 0 Å². The van der Waals surface area contributed by atoms with Gasteiger partial charge in [-0.2, -0.15) is 0 Å². The van der Waals surface area contributed by atoms with Gasteiger partial charge in [-0.15, -0.1) is 0 Å². The van der Waals surface area contributed by atoms with Gasteiger partial charge in [0, 0.05) is 13.1 Å². The molecule has 2 N–H and O–H groups in total. The third-order valence-corrected chi connectivity index (χ3v) is 4.81. The number of aryl methyl sites for hydroxylation is 3. The second-order valence-electron chi connectivity index (χ2n) is 6.76. The number of nitrogens with zero attached hydrogens (tertiary/aromatic N) is 3. The molecule has 3 aromatic rings. The molecule has 2 heterocycles. The second-order valence-corrected chi connectivity index (χ2v) is 6.76. The van der Waals surface area contributed by atoms with Crippen LogP contribution in [0.15, 0.2) is 27.8 Å². The molecule has 0 aliphatic rings. The molecular weight excluding hydrogens is 376 g/mol. The minimum atomic E-state index is -0.696. The Kier molecular flexibility index (Phi) is 5.86. The number of phenols is 1. The molecule has 9 nitrogen and oxygen atoms in total. The van der Waals surface area contributed by atoms with Gasteiger partial charge in [0.25, 0.3) is 5.56 Å². The molecule has 0 bridgehead atoms. The normalized spacial score (nSPS) is 11.1. The highest BCUT2D eigenvalue weighted by Crippen LogP contribution is 2.22. The highest BCUT2D eigenvalue weighted by atomic mass is 16.5. The number of hydrogen-bond donors (Lipinski definition) is 2. The SMILES string of the molecule is CCCCn1c(=O)[nH]c(=O)c2c1nc(COC(=O)c1cccc(C)c1O)n2CC. The number of hydrogen-bond acceptors (Lipinski definition) is 6. The van der Waals surface area contributed by atoms with E-state index in [1.54, 1.807) is 23.6 Å². The fourth-order valence-corrected chi connectivity index (χ4v) is 3.22.